The Morgan fingerprint density at radius 2 is 2.14 bits per heavy atom. The summed E-state index contributed by atoms with van der Waals surface area (Å²) in [5.41, 5.74) is 0.422. The van der Waals surface area contributed by atoms with Crippen molar-refractivity contribution in [2.45, 2.75) is 19.4 Å². The molecular weight excluding hydrogens is 310 g/mol. The topological polar surface area (TPSA) is 22.0 Å². The molecule has 76 valence electrons. The fourth-order valence-corrected chi connectivity index (χ4v) is 2.62. The minimum absolute atomic E-state index is 0.0837. The molecule has 1 aliphatic rings. The smallest absolute Gasteiger partial charge is 0.250 e. The molecule has 1 aliphatic carbocycles. The van der Waals surface area contributed by atoms with Crippen molar-refractivity contribution >= 4 is 31.9 Å². The van der Waals surface area contributed by atoms with Crippen LogP contribution in [-0.2, 0) is 6.54 Å². The van der Waals surface area contributed by atoms with E-state index in [4.69, 9.17) is 0 Å². The Kier molecular flexibility index (Phi) is 2.84. The predicted molar refractivity (Wildman–Crippen MR) is 63.9 cm³/mol. The van der Waals surface area contributed by atoms with Gasteiger partial charge < -0.3 is 4.57 Å². The van der Waals surface area contributed by atoms with Crippen LogP contribution in [0.3, 0.4) is 0 Å². The molecule has 1 saturated carbocycles. The van der Waals surface area contributed by atoms with Gasteiger partial charge in [0.1, 0.15) is 0 Å². The van der Waals surface area contributed by atoms with E-state index < -0.39 is 0 Å². The fraction of sp³-hybridized carbons (Fsp3) is 0.500. The van der Waals surface area contributed by atoms with Gasteiger partial charge in [0.15, 0.2) is 0 Å². The molecule has 0 atom stereocenters. The summed E-state index contributed by atoms with van der Waals surface area (Å²) < 4.78 is 2.75. The summed E-state index contributed by atoms with van der Waals surface area (Å²) in [7, 11) is 0. The molecule has 0 aliphatic heterocycles. The van der Waals surface area contributed by atoms with E-state index in [-0.39, 0.29) is 5.56 Å². The van der Waals surface area contributed by atoms with Gasteiger partial charge in [-0.05, 0) is 40.3 Å². The maximum Gasteiger partial charge on any atom is 0.250 e. The Morgan fingerprint density at radius 3 is 2.71 bits per heavy atom. The molecule has 2 nitrogen and oxygen atoms in total. The van der Waals surface area contributed by atoms with Crippen molar-refractivity contribution in [2.24, 2.45) is 5.41 Å². The van der Waals surface area contributed by atoms with Crippen molar-refractivity contribution in [1.82, 2.24) is 4.57 Å². The third-order valence-electron chi connectivity index (χ3n) is 2.69. The van der Waals surface area contributed by atoms with Gasteiger partial charge in [0.25, 0.3) is 5.56 Å². The van der Waals surface area contributed by atoms with Crippen molar-refractivity contribution in [2.75, 3.05) is 5.33 Å². The van der Waals surface area contributed by atoms with Gasteiger partial charge in [-0.2, -0.15) is 0 Å². The molecule has 0 amide bonds. The van der Waals surface area contributed by atoms with E-state index in [0.29, 0.717) is 5.41 Å². The average Bonchev–Trinajstić information content (AvgIpc) is 2.92. The van der Waals surface area contributed by atoms with Crippen LogP contribution >= 0.6 is 31.9 Å². The first kappa shape index (κ1) is 10.4. The molecule has 0 radical (unpaired) electrons. The zero-order chi connectivity index (χ0) is 10.2. The van der Waals surface area contributed by atoms with Gasteiger partial charge >= 0.3 is 0 Å². The van der Waals surface area contributed by atoms with Crippen LogP contribution in [-0.4, -0.2) is 9.90 Å². The Labute approximate surface area is 99.6 Å². The maximum absolute atomic E-state index is 11.5. The molecule has 1 fully saturated rings. The van der Waals surface area contributed by atoms with Crippen molar-refractivity contribution in [3.8, 4) is 0 Å². The Bertz CT molecular complexity index is 395. The van der Waals surface area contributed by atoms with E-state index in [1.807, 2.05) is 6.20 Å². The second-order valence-corrected chi connectivity index (χ2v) is 5.42. The van der Waals surface area contributed by atoms with E-state index in [0.717, 1.165) is 16.3 Å². The zero-order valence-corrected chi connectivity index (χ0v) is 10.8. The van der Waals surface area contributed by atoms with Crippen molar-refractivity contribution in [1.29, 1.82) is 0 Å². The standard InChI is InChI=1S/C10H11Br2NO/c11-6-10(3-4-10)7-13-5-8(12)1-2-9(13)14/h1-2,5H,3-4,6-7H2. The van der Waals surface area contributed by atoms with Gasteiger partial charge in [-0.3, -0.25) is 4.79 Å². The first-order valence-electron chi connectivity index (χ1n) is 4.57. The molecule has 14 heavy (non-hydrogen) atoms. The summed E-state index contributed by atoms with van der Waals surface area (Å²) in [6.45, 7) is 0.830. The van der Waals surface area contributed by atoms with Crippen LogP contribution in [0.15, 0.2) is 27.6 Å². The highest BCUT2D eigenvalue weighted by atomic mass is 79.9. The highest BCUT2D eigenvalue weighted by molar-refractivity contribution is 9.10. The van der Waals surface area contributed by atoms with Crippen LogP contribution in [0.2, 0.25) is 0 Å². The summed E-state index contributed by atoms with van der Waals surface area (Å²) in [5, 5.41) is 0.985. The van der Waals surface area contributed by atoms with Crippen LogP contribution in [0, 0.1) is 5.41 Å². The molecule has 1 heterocycles. The number of aromatic nitrogens is 1. The van der Waals surface area contributed by atoms with Gasteiger partial charge in [-0.25, -0.2) is 0 Å². The largest absolute Gasteiger partial charge is 0.314 e. The summed E-state index contributed by atoms with van der Waals surface area (Å²) in [4.78, 5) is 11.5. The number of hydrogen-bond acceptors (Lipinski definition) is 1. The maximum atomic E-state index is 11.5. The fourth-order valence-electron chi connectivity index (χ4n) is 1.50. The summed E-state index contributed by atoms with van der Waals surface area (Å²) in [6, 6.07) is 3.39. The van der Waals surface area contributed by atoms with Crippen molar-refractivity contribution in [3.05, 3.63) is 33.2 Å². The van der Waals surface area contributed by atoms with Crippen LogP contribution in [0.25, 0.3) is 0 Å². The molecular formula is C10H11Br2NO. The van der Waals surface area contributed by atoms with Gasteiger partial charge in [0, 0.05) is 28.6 Å². The lowest BCUT2D eigenvalue weighted by Crippen LogP contribution is -2.24. The summed E-state index contributed by atoms with van der Waals surface area (Å²) >= 11 is 6.88. The first-order chi connectivity index (χ1) is 6.65. The van der Waals surface area contributed by atoms with Crippen LogP contribution < -0.4 is 5.56 Å². The summed E-state index contributed by atoms with van der Waals surface area (Å²) in [6.07, 6.45) is 4.31. The third kappa shape index (κ3) is 2.11. The van der Waals surface area contributed by atoms with E-state index in [9.17, 15) is 4.79 Å². The van der Waals surface area contributed by atoms with Crippen molar-refractivity contribution < 1.29 is 0 Å². The SMILES string of the molecule is O=c1ccc(Br)cn1CC1(CBr)CC1. The number of halogens is 2. The molecule has 2 rings (SSSR count). The highest BCUT2D eigenvalue weighted by Gasteiger charge is 2.41. The van der Waals surface area contributed by atoms with Crippen LogP contribution in [0.4, 0.5) is 0 Å². The number of alkyl halides is 1. The quantitative estimate of drug-likeness (QED) is 0.785. The van der Waals surface area contributed by atoms with Gasteiger partial charge in [0.2, 0.25) is 0 Å². The minimum Gasteiger partial charge on any atom is -0.314 e. The Balaban J connectivity index is 2.24. The van der Waals surface area contributed by atoms with Crippen molar-refractivity contribution in [3.63, 3.8) is 0 Å². The minimum atomic E-state index is 0.0837. The van der Waals surface area contributed by atoms with Gasteiger partial charge in [0.05, 0.1) is 0 Å². The van der Waals surface area contributed by atoms with E-state index >= 15 is 0 Å². The number of pyridine rings is 1. The lowest BCUT2D eigenvalue weighted by Gasteiger charge is -2.13. The number of nitrogens with zero attached hydrogens (tertiary/aromatic N) is 1. The molecule has 0 unspecified atom stereocenters. The average molecular weight is 321 g/mol. The van der Waals surface area contributed by atoms with Crippen LogP contribution in [0.5, 0.6) is 0 Å². The monoisotopic (exact) mass is 319 g/mol. The molecule has 0 bridgehead atoms. The summed E-state index contributed by atoms with van der Waals surface area (Å²) in [5.74, 6) is 0. The molecule has 4 heteroatoms. The lowest BCUT2D eigenvalue weighted by molar-refractivity contribution is 0.465. The first-order valence-corrected chi connectivity index (χ1v) is 6.49. The molecule has 0 saturated heterocycles. The van der Waals surface area contributed by atoms with Gasteiger partial charge in [-0.1, -0.05) is 15.9 Å². The third-order valence-corrected chi connectivity index (χ3v) is 4.35. The predicted octanol–water partition coefficient (Wildman–Crippen LogP) is 2.79. The molecule has 1 aromatic rings. The Morgan fingerprint density at radius 1 is 1.43 bits per heavy atom. The second-order valence-electron chi connectivity index (χ2n) is 3.95. The molecule has 0 N–H and O–H groups in total. The zero-order valence-electron chi connectivity index (χ0n) is 7.67. The molecule has 1 aromatic heterocycles. The second kappa shape index (κ2) is 3.81. The molecule has 0 spiro atoms. The Hall–Kier alpha value is -0.0900. The van der Waals surface area contributed by atoms with E-state index in [2.05, 4.69) is 31.9 Å². The van der Waals surface area contributed by atoms with Crippen LogP contribution in [0.1, 0.15) is 12.8 Å². The van der Waals surface area contributed by atoms with E-state index in [1.54, 1.807) is 16.7 Å². The molecule has 0 aromatic carbocycles. The van der Waals surface area contributed by atoms with Gasteiger partial charge in [-0.15, -0.1) is 0 Å². The highest BCUT2D eigenvalue weighted by Crippen LogP contribution is 2.48. The lowest BCUT2D eigenvalue weighted by atomic mass is 10.1. The van der Waals surface area contributed by atoms with E-state index in [1.165, 1.54) is 12.8 Å². The number of hydrogen-bond donors (Lipinski definition) is 0. The number of rotatable bonds is 3. The normalized spacial score (nSPS) is 18.1.